The molecule has 1 amide bonds. The van der Waals surface area contributed by atoms with Crippen molar-refractivity contribution in [3.05, 3.63) is 60.0 Å². The van der Waals surface area contributed by atoms with Crippen molar-refractivity contribution in [1.82, 2.24) is 34.8 Å². The zero-order chi connectivity index (χ0) is 21.5. The zero-order valence-electron chi connectivity index (χ0n) is 17.6. The first-order valence-electron chi connectivity index (χ1n) is 11.0. The molecule has 4 heterocycles. The maximum atomic E-state index is 11.7. The Bertz CT molecular complexity index is 1290. The fraction of sp³-hybridized carbons (Fsp3) is 0.304. The molecule has 0 bridgehead atoms. The second-order valence-electron chi connectivity index (χ2n) is 8.49. The fourth-order valence-electron chi connectivity index (χ4n) is 4.19. The van der Waals surface area contributed by atoms with Crippen LogP contribution < -0.4 is 10.6 Å². The van der Waals surface area contributed by atoms with E-state index in [0.29, 0.717) is 25.0 Å². The van der Waals surface area contributed by atoms with Crippen molar-refractivity contribution < 1.29 is 4.79 Å². The molecule has 9 heteroatoms. The molecular formula is C23H24N8O. The number of imidazole rings is 1. The minimum atomic E-state index is 0.0813. The van der Waals surface area contributed by atoms with E-state index in [0.717, 1.165) is 41.4 Å². The summed E-state index contributed by atoms with van der Waals surface area (Å²) in [6.07, 6.45) is 6.10. The molecular weight excluding hydrogens is 404 g/mol. The summed E-state index contributed by atoms with van der Waals surface area (Å²) < 4.78 is 1.92. The fourth-order valence-corrected chi connectivity index (χ4v) is 4.19. The van der Waals surface area contributed by atoms with Crippen LogP contribution in [0.5, 0.6) is 0 Å². The molecule has 2 fully saturated rings. The van der Waals surface area contributed by atoms with Crippen LogP contribution in [0.2, 0.25) is 0 Å². The summed E-state index contributed by atoms with van der Waals surface area (Å²) in [6, 6.07) is 12.4. The Morgan fingerprint density at radius 2 is 2.12 bits per heavy atom. The summed E-state index contributed by atoms with van der Waals surface area (Å²) in [5.74, 6) is 2.11. The van der Waals surface area contributed by atoms with Crippen LogP contribution in [0.4, 0.5) is 11.8 Å². The Morgan fingerprint density at radius 1 is 1.19 bits per heavy atom. The Labute approximate surface area is 184 Å². The van der Waals surface area contributed by atoms with E-state index in [2.05, 4.69) is 55.0 Å². The van der Waals surface area contributed by atoms with Gasteiger partial charge in [0, 0.05) is 61.3 Å². The van der Waals surface area contributed by atoms with Gasteiger partial charge < -0.3 is 10.6 Å². The number of H-pyrrole nitrogens is 1. The van der Waals surface area contributed by atoms with Crippen LogP contribution in [-0.2, 0) is 11.3 Å². The molecule has 1 aliphatic carbocycles. The van der Waals surface area contributed by atoms with Gasteiger partial charge in [0.05, 0.1) is 12.2 Å². The van der Waals surface area contributed by atoms with Crippen molar-refractivity contribution in [2.45, 2.75) is 25.3 Å². The number of amides is 1. The molecule has 3 aromatic heterocycles. The summed E-state index contributed by atoms with van der Waals surface area (Å²) in [4.78, 5) is 23.2. The van der Waals surface area contributed by atoms with E-state index in [9.17, 15) is 4.79 Å². The van der Waals surface area contributed by atoms with Gasteiger partial charge in [-0.3, -0.25) is 19.2 Å². The standard InChI is InChI=1S/C23H24N8O/c32-22-14-30(8-6-25-22)13-15-2-1-3-17(10-15)18-12-21-24-7-9-31(21)23(26-18)27-20-11-19(28-29-20)16-4-5-16/h1-3,7,9-12,16H,4-6,8,13-14H2,(H,25,32)(H2,26,27,28,29). The molecule has 6 rings (SSSR count). The number of anilines is 2. The smallest absolute Gasteiger partial charge is 0.234 e. The van der Waals surface area contributed by atoms with Crippen LogP contribution in [0.15, 0.2) is 48.8 Å². The first-order chi connectivity index (χ1) is 15.7. The van der Waals surface area contributed by atoms with E-state index in [4.69, 9.17) is 4.98 Å². The first-order valence-corrected chi connectivity index (χ1v) is 11.0. The van der Waals surface area contributed by atoms with E-state index in [1.54, 1.807) is 6.20 Å². The Balaban J connectivity index is 1.29. The third-order valence-electron chi connectivity index (χ3n) is 5.99. The summed E-state index contributed by atoms with van der Waals surface area (Å²) in [7, 11) is 0. The van der Waals surface area contributed by atoms with Crippen LogP contribution in [0.3, 0.4) is 0 Å². The summed E-state index contributed by atoms with van der Waals surface area (Å²) in [5.41, 5.74) is 4.98. The van der Waals surface area contributed by atoms with E-state index in [1.807, 2.05) is 22.7 Å². The Morgan fingerprint density at radius 3 is 3.00 bits per heavy atom. The average Bonchev–Trinajstić information content (AvgIpc) is 3.34. The van der Waals surface area contributed by atoms with Crippen molar-refractivity contribution >= 4 is 23.3 Å². The van der Waals surface area contributed by atoms with Crippen molar-refractivity contribution in [3.8, 4) is 11.3 Å². The van der Waals surface area contributed by atoms with Gasteiger partial charge in [0.1, 0.15) is 5.65 Å². The number of piperazine rings is 1. The number of aromatic amines is 1. The SMILES string of the molecule is O=C1CN(Cc2cccc(-c3cc4nccn4c(Nc4cc(C5CC5)[nH]n4)n3)c2)CCN1. The van der Waals surface area contributed by atoms with Crippen molar-refractivity contribution in [1.29, 1.82) is 0 Å². The predicted octanol–water partition coefficient (Wildman–Crippen LogP) is 2.67. The minimum absolute atomic E-state index is 0.0813. The molecule has 4 aromatic rings. The first kappa shape index (κ1) is 19.0. The van der Waals surface area contributed by atoms with E-state index < -0.39 is 0 Å². The molecule has 32 heavy (non-hydrogen) atoms. The van der Waals surface area contributed by atoms with E-state index in [1.165, 1.54) is 18.5 Å². The number of hydrogen-bond donors (Lipinski definition) is 3. The van der Waals surface area contributed by atoms with Crippen LogP contribution in [0.1, 0.15) is 30.0 Å². The zero-order valence-corrected chi connectivity index (χ0v) is 17.6. The molecule has 2 aliphatic rings. The monoisotopic (exact) mass is 428 g/mol. The average molecular weight is 429 g/mol. The van der Waals surface area contributed by atoms with Gasteiger partial charge in [0.2, 0.25) is 11.9 Å². The number of aromatic nitrogens is 5. The number of carbonyl (C=O) groups excluding carboxylic acids is 1. The van der Waals surface area contributed by atoms with Crippen LogP contribution in [-0.4, -0.2) is 55.0 Å². The number of carbonyl (C=O) groups is 1. The Kier molecular flexibility index (Phi) is 4.61. The van der Waals surface area contributed by atoms with Gasteiger partial charge in [-0.25, -0.2) is 9.97 Å². The van der Waals surface area contributed by atoms with Crippen LogP contribution >= 0.6 is 0 Å². The minimum Gasteiger partial charge on any atom is -0.354 e. The maximum Gasteiger partial charge on any atom is 0.234 e. The van der Waals surface area contributed by atoms with E-state index >= 15 is 0 Å². The van der Waals surface area contributed by atoms with Gasteiger partial charge in [-0.15, -0.1) is 0 Å². The highest BCUT2D eigenvalue weighted by Crippen LogP contribution is 2.39. The number of fused-ring (bicyclic) bond motifs is 1. The molecule has 9 nitrogen and oxygen atoms in total. The van der Waals surface area contributed by atoms with Gasteiger partial charge in [0.25, 0.3) is 0 Å². The topological polar surface area (TPSA) is 103 Å². The molecule has 1 saturated heterocycles. The number of nitrogens with zero attached hydrogens (tertiary/aromatic N) is 5. The largest absolute Gasteiger partial charge is 0.354 e. The van der Waals surface area contributed by atoms with Gasteiger partial charge in [-0.2, -0.15) is 5.10 Å². The highest BCUT2D eigenvalue weighted by molar-refractivity contribution is 5.78. The normalized spacial score (nSPS) is 16.9. The Hall–Kier alpha value is -3.72. The lowest BCUT2D eigenvalue weighted by atomic mass is 10.1. The third kappa shape index (κ3) is 3.82. The molecule has 1 saturated carbocycles. The lowest BCUT2D eigenvalue weighted by Gasteiger charge is -2.26. The number of hydrogen-bond acceptors (Lipinski definition) is 6. The van der Waals surface area contributed by atoms with Crippen LogP contribution in [0, 0.1) is 0 Å². The number of nitrogens with one attached hydrogen (secondary N) is 3. The van der Waals surface area contributed by atoms with Gasteiger partial charge in [-0.05, 0) is 24.5 Å². The third-order valence-corrected chi connectivity index (χ3v) is 5.99. The lowest BCUT2D eigenvalue weighted by Crippen LogP contribution is -2.47. The van der Waals surface area contributed by atoms with Crippen molar-refractivity contribution in [2.75, 3.05) is 25.0 Å². The summed E-state index contributed by atoms with van der Waals surface area (Å²) >= 11 is 0. The van der Waals surface area contributed by atoms with Gasteiger partial charge in [-0.1, -0.05) is 18.2 Å². The molecule has 1 aromatic carbocycles. The van der Waals surface area contributed by atoms with E-state index in [-0.39, 0.29) is 5.91 Å². The number of benzene rings is 1. The number of rotatable bonds is 6. The quantitative estimate of drug-likeness (QED) is 0.436. The second kappa shape index (κ2) is 7.76. The molecule has 3 N–H and O–H groups in total. The molecule has 0 atom stereocenters. The molecule has 0 radical (unpaired) electrons. The highest BCUT2D eigenvalue weighted by Gasteiger charge is 2.25. The molecule has 0 unspecified atom stereocenters. The molecule has 0 spiro atoms. The summed E-state index contributed by atoms with van der Waals surface area (Å²) in [5, 5.41) is 13.8. The lowest BCUT2D eigenvalue weighted by molar-refractivity contribution is -0.124. The van der Waals surface area contributed by atoms with Crippen LogP contribution in [0.25, 0.3) is 16.9 Å². The second-order valence-corrected chi connectivity index (χ2v) is 8.49. The summed E-state index contributed by atoms with van der Waals surface area (Å²) in [6.45, 7) is 2.72. The highest BCUT2D eigenvalue weighted by atomic mass is 16.2. The van der Waals surface area contributed by atoms with Gasteiger partial charge >= 0.3 is 0 Å². The van der Waals surface area contributed by atoms with Crippen molar-refractivity contribution in [2.24, 2.45) is 0 Å². The molecule has 162 valence electrons. The van der Waals surface area contributed by atoms with Gasteiger partial charge in [0.15, 0.2) is 5.82 Å². The maximum absolute atomic E-state index is 11.7. The molecule has 1 aliphatic heterocycles. The predicted molar refractivity (Wildman–Crippen MR) is 121 cm³/mol. The van der Waals surface area contributed by atoms with Crippen molar-refractivity contribution in [3.63, 3.8) is 0 Å².